The van der Waals surface area contributed by atoms with Crippen molar-refractivity contribution in [2.24, 2.45) is 0 Å². The van der Waals surface area contributed by atoms with Crippen LogP contribution >= 0.6 is 0 Å². The molecule has 0 spiro atoms. The maximum absolute atomic E-state index is 12.2. The molecule has 1 atom stereocenters. The second-order valence-electron chi connectivity index (χ2n) is 6.07. The number of fused-ring (bicyclic) bond motifs is 2. The first kappa shape index (κ1) is 14.9. The second-order valence-corrected chi connectivity index (χ2v) is 6.07. The summed E-state index contributed by atoms with van der Waals surface area (Å²) in [4.78, 5) is 16.5. The number of amides is 1. The molecule has 4 rings (SSSR count). The van der Waals surface area contributed by atoms with Crippen molar-refractivity contribution in [3.05, 3.63) is 66.0 Å². The van der Waals surface area contributed by atoms with Crippen LogP contribution in [0.15, 0.2) is 54.9 Å². The maximum Gasteiger partial charge on any atom is 0.240 e. The number of carbonyl (C=O) groups is 1. The minimum absolute atomic E-state index is 0.0272. The van der Waals surface area contributed by atoms with E-state index in [1.807, 2.05) is 41.0 Å². The Morgan fingerprint density at radius 3 is 2.88 bits per heavy atom. The van der Waals surface area contributed by atoms with Crippen LogP contribution in [0.1, 0.15) is 11.1 Å². The summed E-state index contributed by atoms with van der Waals surface area (Å²) in [5, 5.41) is 2.97. The highest BCUT2D eigenvalue weighted by molar-refractivity contribution is 5.80. The number of carbonyl (C=O) groups excluding carboxylic acids is 1. The Kier molecular flexibility index (Phi) is 4.01. The van der Waals surface area contributed by atoms with Crippen LogP contribution in [0.3, 0.4) is 0 Å². The third-order valence-corrected chi connectivity index (χ3v) is 4.41. The standard InChI is InChI=1S/C19H19N3O2/c23-19(11-22-13-21-17-7-3-4-8-18(17)22)20-10-16-9-14-5-1-2-6-15(14)12-24-16/h1-8,13,16H,9-12H2,(H,20,23)/t16-/m1/s1. The van der Waals surface area contributed by atoms with Crippen LogP contribution in [0.25, 0.3) is 11.0 Å². The molecule has 5 nitrogen and oxygen atoms in total. The second kappa shape index (κ2) is 6.45. The van der Waals surface area contributed by atoms with Crippen molar-refractivity contribution in [3.8, 4) is 0 Å². The smallest absolute Gasteiger partial charge is 0.240 e. The lowest BCUT2D eigenvalue weighted by Crippen LogP contribution is -2.38. The molecule has 0 aliphatic carbocycles. The Morgan fingerprint density at radius 2 is 1.96 bits per heavy atom. The van der Waals surface area contributed by atoms with E-state index < -0.39 is 0 Å². The lowest BCUT2D eigenvalue weighted by Gasteiger charge is -2.25. The van der Waals surface area contributed by atoms with Gasteiger partial charge in [0.1, 0.15) is 6.54 Å². The van der Waals surface area contributed by atoms with Crippen LogP contribution in [0.5, 0.6) is 0 Å². The molecule has 122 valence electrons. The number of ether oxygens (including phenoxy) is 1. The van der Waals surface area contributed by atoms with E-state index >= 15 is 0 Å². The Morgan fingerprint density at radius 1 is 1.17 bits per heavy atom. The molecule has 0 unspecified atom stereocenters. The Balaban J connectivity index is 1.34. The van der Waals surface area contributed by atoms with Crippen molar-refractivity contribution in [1.29, 1.82) is 0 Å². The van der Waals surface area contributed by atoms with Gasteiger partial charge in [0.15, 0.2) is 0 Å². The van der Waals surface area contributed by atoms with E-state index in [0.717, 1.165) is 17.5 Å². The van der Waals surface area contributed by atoms with Gasteiger partial charge in [-0.25, -0.2) is 4.98 Å². The molecule has 1 aliphatic heterocycles. The molecule has 0 fully saturated rings. The molecule has 0 saturated heterocycles. The molecule has 2 heterocycles. The molecule has 1 amide bonds. The molecule has 1 aromatic heterocycles. The number of rotatable bonds is 4. The largest absolute Gasteiger partial charge is 0.371 e. The van der Waals surface area contributed by atoms with Crippen molar-refractivity contribution < 1.29 is 9.53 Å². The first-order chi connectivity index (χ1) is 11.8. The van der Waals surface area contributed by atoms with E-state index in [-0.39, 0.29) is 18.6 Å². The van der Waals surface area contributed by atoms with Gasteiger partial charge in [-0.15, -0.1) is 0 Å². The summed E-state index contributed by atoms with van der Waals surface area (Å²) in [5.41, 5.74) is 4.42. The number of aromatic nitrogens is 2. The first-order valence-corrected chi connectivity index (χ1v) is 8.14. The minimum atomic E-state index is -0.0272. The van der Waals surface area contributed by atoms with Gasteiger partial charge in [-0.2, -0.15) is 0 Å². The lowest BCUT2D eigenvalue weighted by molar-refractivity contribution is -0.122. The van der Waals surface area contributed by atoms with Gasteiger partial charge in [0, 0.05) is 13.0 Å². The zero-order valence-electron chi connectivity index (χ0n) is 13.3. The summed E-state index contributed by atoms with van der Waals surface area (Å²) in [7, 11) is 0. The third kappa shape index (κ3) is 3.03. The molecule has 0 bridgehead atoms. The van der Waals surface area contributed by atoms with E-state index in [9.17, 15) is 4.79 Å². The Bertz CT molecular complexity index is 872. The van der Waals surface area contributed by atoms with Crippen LogP contribution in [0.4, 0.5) is 0 Å². The van der Waals surface area contributed by atoms with Crippen molar-refractivity contribution in [3.63, 3.8) is 0 Å². The molecule has 1 aliphatic rings. The molecule has 0 radical (unpaired) electrons. The summed E-state index contributed by atoms with van der Waals surface area (Å²) < 4.78 is 7.69. The number of nitrogens with zero attached hydrogens (tertiary/aromatic N) is 2. The highest BCUT2D eigenvalue weighted by Crippen LogP contribution is 2.19. The molecule has 24 heavy (non-hydrogen) atoms. The number of hydrogen-bond donors (Lipinski definition) is 1. The molecule has 0 saturated carbocycles. The summed E-state index contributed by atoms with van der Waals surface area (Å²) in [6, 6.07) is 16.1. The average Bonchev–Trinajstić information content (AvgIpc) is 3.03. The normalized spacial score (nSPS) is 16.8. The summed E-state index contributed by atoms with van der Waals surface area (Å²) in [6.45, 7) is 1.41. The molecular weight excluding hydrogens is 302 g/mol. The predicted octanol–water partition coefficient (Wildman–Crippen LogP) is 2.29. The highest BCUT2D eigenvalue weighted by atomic mass is 16.5. The monoisotopic (exact) mass is 321 g/mol. The Hall–Kier alpha value is -2.66. The summed E-state index contributed by atoms with van der Waals surface area (Å²) in [5.74, 6) is -0.0272. The fraction of sp³-hybridized carbons (Fsp3) is 0.263. The Labute approximate surface area is 140 Å². The zero-order chi connectivity index (χ0) is 16.4. The quantitative estimate of drug-likeness (QED) is 0.802. The highest BCUT2D eigenvalue weighted by Gasteiger charge is 2.19. The van der Waals surface area contributed by atoms with Gasteiger partial charge in [0.2, 0.25) is 5.91 Å². The van der Waals surface area contributed by atoms with Gasteiger partial charge in [-0.1, -0.05) is 36.4 Å². The number of imidazole rings is 1. The van der Waals surface area contributed by atoms with Gasteiger partial charge in [0.05, 0.1) is 30.1 Å². The fourth-order valence-corrected chi connectivity index (χ4v) is 3.11. The van der Waals surface area contributed by atoms with Crippen molar-refractivity contribution >= 4 is 16.9 Å². The average molecular weight is 321 g/mol. The number of benzene rings is 2. The molecule has 1 N–H and O–H groups in total. The number of nitrogens with one attached hydrogen (secondary N) is 1. The van der Waals surface area contributed by atoms with Gasteiger partial charge in [-0.05, 0) is 23.3 Å². The van der Waals surface area contributed by atoms with E-state index in [0.29, 0.717) is 13.2 Å². The minimum Gasteiger partial charge on any atom is -0.371 e. The topological polar surface area (TPSA) is 56.2 Å². The van der Waals surface area contributed by atoms with Crippen LogP contribution in [0.2, 0.25) is 0 Å². The van der Waals surface area contributed by atoms with Crippen molar-refractivity contribution in [1.82, 2.24) is 14.9 Å². The van der Waals surface area contributed by atoms with E-state index in [4.69, 9.17) is 4.74 Å². The van der Waals surface area contributed by atoms with Gasteiger partial charge < -0.3 is 14.6 Å². The van der Waals surface area contributed by atoms with Gasteiger partial charge >= 0.3 is 0 Å². The molecule has 5 heteroatoms. The van der Waals surface area contributed by atoms with Crippen LogP contribution in [-0.2, 0) is 29.1 Å². The summed E-state index contributed by atoms with van der Waals surface area (Å²) in [6.07, 6.45) is 2.57. The van der Waals surface area contributed by atoms with Crippen LogP contribution in [-0.4, -0.2) is 28.1 Å². The lowest BCUT2D eigenvalue weighted by atomic mass is 9.99. The van der Waals surface area contributed by atoms with Gasteiger partial charge in [-0.3, -0.25) is 4.79 Å². The summed E-state index contributed by atoms with van der Waals surface area (Å²) >= 11 is 0. The first-order valence-electron chi connectivity index (χ1n) is 8.14. The SMILES string of the molecule is O=C(Cn1cnc2ccccc21)NC[C@H]1Cc2ccccc2CO1. The zero-order valence-corrected chi connectivity index (χ0v) is 13.3. The number of para-hydroxylation sites is 2. The van der Waals surface area contributed by atoms with E-state index in [1.165, 1.54) is 11.1 Å². The fourth-order valence-electron chi connectivity index (χ4n) is 3.11. The number of hydrogen-bond acceptors (Lipinski definition) is 3. The predicted molar refractivity (Wildman–Crippen MR) is 91.5 cm³/mol. The van der Waals surface area contributed by atoms with Crippen LogP contribution in [0, 0.1) is 0 Å². The molecular formula is C19H19N3O2. The van der Waals surface area contributed by atoms with Crippen molar-refractivity contribution in [2.45, 2.75) is 25.7 Å². The molecule has 3 aromatic rings. The van der Waals surface area contributed by atoms with Gasteiger partial charge in [0.25, 0.3) is 0 Å². The van der Waals surface area contributed by atoms with Crippen molar-refractivity contribution in [2.75, 3.05) is 6.54 Å². The molecule has 2 aromatic carbocycles. The van der Waals surface area contributed by atoms with E-state index in [1.54, 1.807) is 6.33 Å². The van der Waals surface area contributed by atoms with E-state index in [2.05, 4.69) is 22.4 Å². The maximum atomic E-state index is 12.2. The van der Waals surface area contributed by atoms with Crippen LogP contribution < -0.4 is 5.32 Å². The third-order valence-electron chi connectivity index (χ3n) is 4.41.